The summed E-state index contributed by atoms with van der Waals surface area (Å²) in [6, 6.07) is 14.0. The van der Waals surface area contributed by atoms with Crippen molar-refractivity contribution in [3.05, 3.63) is 48.0 Å². The monoisotopic (exact) mass is 355 g/mol. The summed E-state index contributed by atoms with van der Waals surface area (Å²) < 4.78 is 5.41. The van der Waals surface area contributed by atoms with Crippen LogP contribution in [-0.4, -0.2) is 40.8 Å². The predicted molar refractivity (Wildman–Crippen MR) is 100 cm³/mol. The lowest BCUT2D eigenvalue weighted by molar-refractivity contribution is -0.144. The van der Waals surface area contributed by atoms with Gasteiger partial charge in [0.25, 0.3) is 0 Å². The summed E-state index contributed by atoms with van der Waals surface area (Å²) in [6.45, 7) is 6.08. The molecule has 0 aromatic heterocycles. The molecule has 2 aromatic rings. The van der Waals surface area contributed by atoms with E-state index >= 15 is 0 Å². The number of likely N-dealkylation sites (tertiary alicyclic amines) is 1. The number of nitrogens with zero attached hydrogens (tertiary/aromatic N) is 1. The van der Waals surface area contributed by atoms with Crippen LogP contribution in [0.2, 0.25) is 0 Å². The number of carbonyl (C=O) groups excluding carboxylic acids is 1. The molecule has 0 unspecified atom stereocenters. The molecule has 2 aromatic carbocycles. The third kappa shape index (κ3) is 3.82. The largest absolute Gasteiger partial charge is 0.481 e. The van der Waals surface area contributed by atoms with Crippen LogP contribution in [0.5, 0.6) is 0 Å². The molecule has 138 valence electrons. The number of aliphatic carboxylic acids is 1. The summed E-state index contributed by atoms with van der Waals surface area (Å²) in [5.41, 5.74) is 0.446. The van der Waals surface area contributed by atoms with Crippen LogP contribution in [0.3, 0.4) is 0 Å². The van der Waals surface area contributed by atoms with E-state index in [0.29, 0.717) is 13.0 Å². The maximum Gasteiger partial charge on any atom is 0.410 e. The molecule has 1 aliphatic rings. The number of amides is 1. The summed E-state index contributed by atoms with van der Waals surface area (Å²) >= 11 is 0. The molecular formula is C21H25NO4. The maximum absolute atomic E-state index is 12.3. The third-order valence-electron chi connectivity index (χ3n) is 4.80. The normalized spacial score (nSPS) is 20.8. The summed E-state index contributed by atoms with van der Waals surface area (Å²) in [5.74, 6) is -1.66. The predicted octanol–water partition coefficient (Wildman–Crippen LogP) is 4.27. The topological polar surface area (TPSA) is 66.8 Å². The number of rotatable bonds is 2. The van der Waals surface area contributed by atoms with Crippen molar-refractivity contribution in [3.8, 4) is 0 Å². The maximum atomic E-state index is 12.3. The number of benzene rings is 2. The van der Waals surface area contributed by atoms with Crippen LogP contribution in [0.25, 0.3) is 10.8 Å². The first-order valence-electron chi connectivity index (χ1n) is 8.94. The lowest BCUT2D eigenvalue weighted by Gasteiger charge is -2.37. The van der Waals surface area contributed by atoms with Crippen LogP contribution < -0.4 is 0 Å². The molecule has 5 heteroatoms. The zero-order valence-electron chi connectivity index (χ0n) is 15.4. The van der Waals surface area contributed by atoms with Crippen molar-refractivity contribution in [1.29, 1.82) is 0 Å². The fourth-order valence-electron chi connectivity index (χ4n) is 3.64. The van der Waals surface area contributed by atoms with Crippen molar-refractivity contribution in [1.82, 2.24) is 4.90 Å². The van der Waals surface area contributed by atoms with Crippen molar-refractivity contribution in [2.24, 2.45) is 5.92 Å². The van der Waals surface area contributed by atoms with Gasteiger partial charge in [-0.3, -0.25) is 4.79 Å². The quantitative estimate of drug-likeness (QED) is 0.874. The molecule has 1 heterocycles. The average Bonchev–Trinajstić information content (AvgIpc) is 2.59. The first-order chi connectivity index (χ1) is 12.3. The zero-order valence-corrected chi connectivity index (χ0v) is 15.4. The Balaban J connectivity index is 1.88. The number of piperidine rings is 1. The van der Waals surface area contributed by atoms with Crippen LogP contribution in [0.4, 0.5) is 4.79 Å². The third-order valence-corrected chi connectivity index (χ3v) is 4.80. The molecule has 0 saturated carbocycles. The highest BCUT2D eigenvalue weighted by Crippen LogP contribution is 2.37. The second-order valence-corrected chi connectivity index (χ2v) is 7.83. The Bertz CT molecular complexity index is 819. The first-order valence-corrected chi connectivity index (χ1v) is 8.94. The van der Waals surface area contributed by atoms with Gasteiger partial charge in [-0.05, 0) is 43.5 Å². The molecule has 0 radical (unpaired) electrons. The number of ether oxygens (including phenoxy) is 1. The Morgan fingerprint density at radius 3 is 2.50 bits per heavy atom. The van der Waals surface area contributed by atoms with E-state index < -0.39 is 23.6 Å². The van der Waals surface area contributed by atoms with Crippen molar-refractivity contribution >= 4 is 22.8 Å². The van der Waals surface area contributed by atoms with Gasteiger partial charge in [0, 0.05) is 19.0 Å². The Morgan fingerprint density at radius 1 is 1.12 bits per heavy atom. The Hall–Kier alpha value is -2.56. The van der Waals surface area contributed by atoms with Crippen LogP contribution in [-0.2, 0) is 9.53 Å². The van der Waals surface area contributed by atoms with Crippen molar-refractivity contribution < 1.29 is 19.4 Å². The van der Waals surface area contributed by atoms with Gasteiger partial charge in [-0.2, -0.15) is 0 Å². The van der Waals surface area contributed by atoms with E-state index in [2.05, 4.69) is 0 Å². The van der Waals surface area contributed by atoms with Gasteiger partial charge in [0.1, 0.15) is 5.60 Å². The number of fused-ring (bicyclic) bond motifs is 1. The van der Waals surface area contributed by atoms with Crippen molar-refractivity contribution in [2.45, 2.75) is 38.7 Å². The number of carboxylic acid groups (broad SMARTS) is 1. The smallest absolute Gasteiger partial charge is 0.410 e. The van der Waals surface area contributed by atoms with E-state index in [4.69, 9.17) is 4.74 Å². The molecule has 2 atom stereocenters. The van der Waals surface area contributed by atoms with Crippen LogP contribution in [0.1, 0.15) is 38.7 Å². The minimum Gasteiger partial charge on any atom is -0.481 e. The molecule has 0 aliphatic carbocycles. The summed E-state index contributed by atoms with van der Waals surface area (Å²) in [6.07, 6.45) is 0.157. The summed E-state index contributed by atoms with van der Waals surface area (Å²) in [4.78, 5) is 25.8. The second kappa shape index (κ2) is 6.98. The fourth-order valence-corrected chi connectivity index (χ4v) is 3.64. The van der Waals surface area contributed by atoms with E-state index in [0.717, 1.165) is 16.3 Å². The van der Waals surface area contributed by atoms with Gasteiger partial charge < -0.3 is 14.7 Å². The van der Waals surface area contributed by atoms with Gasteiger partial charge in [0.05, 0.1) is 5.92 Å². The lowest BCUT2D eigenvalue weighted by atomic mass is 9.79. The molecule has 1 fully saturated rings. The zero-order chi connectivity index (χ0) is 18.9. The Morgan fingerprint density at radius 2 is 1.81 bits per heavy atom. The van der Waals surface area contributed by atoms with Gasteiger partial charge in [0.15, 0.2) is 0 Å². The van der Waals surface area contributed by atoms with Crippen LogP contribution in [0.15, 0.2) is 42.5 Å². The van der Waals surface area contributed by atoms with E-state index in [9.17, 15) is 14.7 Å². The van der Waals surface area contributed by atoms with Gasteiger partial charge >= 0.3 is 12.1 Å². The van der Waals surface area contributed by atoms with Crippen LogP contribution >= 0.6 is 0 Å². The standard InChI is InChI=1S/C21H25NO4/c1-21(2,3)26-20(25)22-12-11-17(18(13-22)19(23)24)16-10-6-8-14-7-4-5-9-15(14)16/h4-10,17-18H,11-13H2,1-3H3,(H,23,24)/t17-,18+/m1/s1. The van der Waals surface area contributed by atoms with Gasteiger partial charge in [0.2, 0.25) is 0 Å². The first kappa shape index (κ1) is 18.2. The molecule has 3 rings (SSSR count). The Kier molecular flexibility index (Phi) is 4.90. The summed E-state index contributed by atoms with van der Waals surface area (Å²) in [7, 11) is 0. The SMILES string of the molecule is CC(C)(C)OC(=O)N1CC[C@H](c2cccc3ccccc23)[C@@H](C(=O)O)C1. The van der Waals surface area contributed by atoms with E-state index in [1.165, 1.54) is 4.90 Å². The van der Waals surface area contributed by atoms with Crippen molar-refractivity contribution in [2.75, 3.05) is 13.1 Å². The molecule has 1 aliphatic heterocycles. The highest BCUT2D eigenvalue weighted by molar-refractivity contribution is 5.87. The fraction of sp³-hybridized carbons (Fsp3) is 0.429. The molecule has 26 heavy (non-hydrogen) atoms. The minimum absolute atomic E-state index is 0.128. The highest BCUT2D eigenvalue weighted by atomic mass is 16.6. The summed E-state index contributed by atoms with van der Waals surface area (Å²) in [5, 5.41) is 12.0. The van der Waals surface area contributed by atoms with Crippen molar-refractivity contribution in [3.63, 3.8) is 0 Å². The van der Waals surface area contributed by atoms with Gasteiger partial charge in [-0.25, -0.2) is 4.79 Å². The number of carbonyl (C=O) groups is 2. The molecule has 1 saturated heterocycles. The molecule has 5 nitrogen and oxygen atoms in total. The highest BCUT2D eigenvalue weighted by Gasteiger charge is 2.38. The van der Waals surface area contributed by atoms with Crippen LogP contribution in [0, 0.1) is 5.92 Å². The molecule has 0 spiro atoms. The Labute approximate surface area is 153 Å². The number of hydrogen-bond donors (Lipinski definition) is 1. The molecular weight excluding hydrogens is 330 g/mol. The van der Waals surface area contributed by atoms with Gasteiger partial charge in [-0.1, -0.05) is 42.5 Å². The van der Waals surface area contributed by atoms with E-state index in [1.54, 1.807) is 0 Å². The molecule has 1 N–H and O–H groups in total. The van der Waals surface area contributed by atoms with Gasteiger partial charge in [-0.15, -0.1) is 0 Å². The minimum atomic E-state index is -0.879. The van der Waals surface area contributed by atoms with E-state index in [-0.39, 0.29) is 12.5 Å². The van der Waals surface area contributed by atoms with E-state index in [1.807, 2.05) is 63.2 Å². The number of hydrogen-bond acceptors (Lipinski definition) is 3. The molecule has 0 bridgehead atoms. The second-order valence-electron chi connectivity index (χ2n) is 7.83. The average molecular weight is 355 g/mol. The molecule has 1 amide bonds. The number of carboxylic acids is 1. The lowest BCUT2D eigenvalue weighted by Crippen LogP contribution is -2.47.